The van der Waals surface area contributed by atoms with Crippen molar-refractivity contribution < 1.29 is 14.7 Å². The Labute approximate surface area is 124 Å². The second-order valence-electron chi connectivity index (χ2n) is 5.27. The first kappa shape index (κ1) is 15.1. The number of aliphatic carboxylic acids is 1. The molecule has 0 bridgehead atoms. The molecule has 1 aliphatic rings. The van der Waals surface area contributed by atoms with E-state index in [1.54, 1.807) is 24.3 Å². The van der Waals surface area contributed by atoms with Crippen molar-refractivity contribution in [1.29, 1.82) is 0 Å². The fraction of sp³-hybridized carbons (Fsp3) is 0.375. The molecule has 2 amide bonds. The van der Waals surface area contributed by atoms with Crippen molar-refractivity contribution in [1.82, 2.24) is 4.90 Å². The number of likely N-dealkylation sites (tertiary alicyclic amines) is 1. The average Bonchev–Trinajstić information content (AvgIpc) is 2.46. The summed E-state index contributed by atoms with van der Waals surface area (Å²) in [4.78, 5) is 24.6. The van der Waals surface area contributed by atoms with Gasteiger partial charge in [-0.15, -0.1) is 0 Å². The van der Waals surface area contributed by atoms with E-state index >= 15 is 0 Å². The van der Waals surface area contributed by atoms with Crippen LogP contribution in [0.5, 0.6) is 0 Å². The first-order valence-corrected chi connectivity index (χ1v) is 7.15. The maximum Gasteiger partial charge on any atom is 0.328 e. The van der Waals surface area contributed by atoms with E-state index < -0.39 is 5.97 Å². The van der Waals surface area contributed by atoms with Crippen molar-refractivity contribution in [3.05, 3.63) is 35.9 Å². The van der Waals surface area contributed by atoms with Crippen molar-refractivity contribution in [2.45, 2.75) is 32.2 Å². The summed E-state index contributed by atoms with van der Waals surface area (Å²) in [6.07, 6.45) is 5.82. The highest BCUT2D eigenvalue weighted by atomic mass is 16.4. The molecule has 1 aliphatic heterocycles. The maximum absolute atomic E-state index is 12.3. The Hall–Kier alpha value is -2.30. The molecule has 1 unspecified atom stereocenters. The van der Waals surface area contributed by atoms with Gasteiger partial charge in [0.1, 0.15) is 0 Å². The number of amides is 2. The molecule has 112 valence electrons. The lowest BCUT2D eigenvalue weighted by Crippen LogP contribution is -2.44. The molecule has 1 fully saturated rings. The van der Waals surface area contributed by atoms with Crippen LogP contribution in [-0.2, 0) is 4.79 Å². The lowest BCUT2D eigenvalue weighted by molar-refractivity contribution is -0.131. The Balaban J connectivity index is 2.03. The number of carboxylic acids is 1. The summed E-state index contributed by atoms with van der Waals surface area (Å²) in [6, 6.07) is 7.29. The number of urea groups is 1. The maximum atomic E-state index is 12.3. The molecule has 0 aliphatic carbocycles. The molecule has 1 aromatic rings. The van der Waals surface area contributed by atoms with Crippen molar-refractivity contribution in [3.8, 4) is 0 Å². The summed E-state index contributed by atoms with van der Waals surface area (Å²) >= 11 is 0. The molecule has 21 heavy (non-hydrogen) atoms. The number of nitrogens with one attached hydrogen (secondary N) is 1. The summed E-state index contributed by atoms with van der Waals surface area (Å²) in [5, 5.41) is 11.5. The minimum Gasteiger partial charge on any atom is -0.478 e. The average molecular weight is 288 g/mol. The summed E-state index contributed by atoms with van der Waals surface area (Å²) < 4.78 is 0. The molecule has 2 N–H and O–H groups in total. The number of rotatable bonds is 3. The highest BCUT2D eigenvalue weighted by Crippen LogP contribution is 2.19. The van der Waals surface area contributed by atoms with Crippen LogP contribution in [0.2, 0.25) is 0 Å². The van der Waals surface area contributed by atoms with Gasteiger partial charge in [-0.2, -0.15) is 0 Å². The molecule has 0 spiro atoms. The number of hydrogen-bond donors (Lipinski definition) is 2. The molecule has 1 aromatic carbocycles. The van der Waals surface area contributed by atoms with Crippen LogP contribution >= 0.6 is 0 Å². The summed E-state index contributed by atoms with van der Waals surface area (Å²) in [5.41, 5.74) is 1.41. The van der Waals surface area contributed by atoms with Crippen molar-refractivity contribution >= 4 is 23.8 Å². The standard InChI is InChI=1S/C16H20N2O3/c1-12-5-2-3-10-18(12)16(21)17-14-7-4-6-13(11-14)8-9-15(19)20/h4,6-9,11-12H,2-3,5,10H2,1H3,(H,17,21)(H,19,20)/b9-8+. The van der Waals surface area contributed by atoms with Crippen LogP contribution < -0.4 is 5.32 Å². The quantitative estimate of drug-likeness (QED) is 0.839. The van der Waals surface area contributed by atoms with E-state index in [1.807, 2.05) is 4.90 Å². The molecule has 5 heteroatoms. The third-order valence-electron chi connectivity index (χ3n) is 3.62. The summed E-state index contributed by atoms with van der Waals surface area (Å²) in [7, 11) is 0. The number of carbonyl (C=O) groups is 2. The number of hydrogen-bond acceptors (Lipinski definition) is 2. The zero-order valence-corrected chi connectivity index (χ0v) is 12.1. The Kier molecular flexibility index (Phi) is 4.98. The molecule has 2 rings (SSSR count). The zero-order chi connectivity index (χ0) is 15.2. The lowest BCUT2D eigenvalue weighted by Gasteiger charge is -2.33. The number of anilines is 1. The van der Waals surface area contributed by atoms with Gasteiger partial charge in [0.15, 0.2) is 0 Å². The Morgan fingerprint density at radius 1 is 1.38 bits per heavy atom. The number of carbonyl (C=O) groups excluding carboxylic acids is 1. The molecule has 0 radical (unpaired) electrons. The van der Waals surface area contributed by atoms with Crippen molar-refractivity contribution in [3.63, 3.8) is 0 Å². The highest BCUT2D eigenvalue weighted by molar-refractivity contribution is 5.90. The molecule has 1 atom stereocenters. The molecular weight excluding hydrogens is 268 g/mol. The SMILES string of the molecule is CC1CCCCN1C(=O)Nc1cccc(/C=C/C(=O)O)c1. The first-order chi connectivity index (χ1) is 10.1. The van der Waals surface area contributed by atoms with Gasteiger partial charge in [-0.25, -0.2) is 9.59 Å². The fourth-order valence-corrected chi connectivity index (χ4v) is 2.48. The van der Waals surface area contributed by atoms with Gasteiger partial charge < -0.3 is 15.3 Å². The van der Waals surface area contributed by atoms with Gasteiger partial charge in [-0.05, 0) is 50.0 Å². The van der Waals surface area contributed by atoms with Crippen molar-refractivity contribution in [2.24, 2.45) is 0 Å². The first-order valence-electron chi connectivity index (χ1n) is 7.15. The normalized spacial score (nSPS) is 18.7. The van der Waals surface area contributed by atoms with Gasteiger partial charge in [0.05, 0.1) is 0 Å². The van der Waals surface area contributed by atoms with Crippen LogP contribution in [0.4, 0.5) is 10.5 Å². The number of benzene rings is 1. The van der Waals surface area contributed by atoms with Gasteiger partial charge in [-0.1, -0.05) is 12.1 Å². The smallest absolute Gasteiger partial charge is 0.328 e. The number of piperidine rings is 1. The van der Waals surface area contributed by atoms with E-state index in [2.05, 4.69) is 12.2 Å². The van der Waals surface area contributed by atoms with E-state index in [0.717, 1.165) is 31.0 Å². The second-order valence-corrected chi connectivity index (χ2v) is 5.27. The van der Waals surface area contributed by atoms with Crippen LogP contribution in [0.15, 0.2) is 30.3 Å². The van der Waals surface area contributed by atoms with Crippen LogP contribution in [0.1, 0.15) is 31.7 Å². The van der Waals surface area contributed by atoms with E-state index in [1.165, 1.54) is 12.5 Å². The second kappa shape index (κ2) is 6.92. The van der Waals surface area contributed by atoms with E-state index in [0.29, 0.717) is 5.69 Å². The Bertz CT molecular complexity index is 554. The van der Waals surface area contributed by atoms with Crippen LogP contribution in [0.25, 0.3) is 6.08 Å². The molecule has 1 saturated heterocycles. The molecular formula is C16H20N2O3. The third kappa shape index (κ3) is 4.34. The third-order valence-corrected chi connectivity index (χ3v) is 3.62. The van der Waals surface area contributed by atoms with E-state index in [9.17, 15) is 9.59 Å². The van der Waals surface area contributed by atoms with Gasteiger partial charge in [0.25, 0.3) is 0 Å². The monoisotopic (exact) mass is 288 g/mol. The minimum atomic E-state index is -0.994. The summed E-state index contributed by atoms with van der Waals surface area (Å²) in [5.74, 6) is -0.994. The minimum absolute atomic E-state index is 0.0958. The van der Waals surface area contributed by atoms with Crippen LogP contribution in [0, 0.1) is 0 Å². The largest absolute Gasteiger partial charge is 0.478 e. The van der Waals surface area contributed by atoms with Crippen LogP contribution in [-0.4, -0.2) is 34.6 Å². The van der Waals surface area contributed by atoms with Gasteiger partial charge in [-0.3, -0.25) is 0 Å². The number of carboxylic acid groups (broad SMARTS) is 1. The highest BCUT2D eigenvalue weighted by Gasteiger charge is 2.22. The predicted octanol–water partition coefficient (Wildman–Crippen LogP) is 3.19. The fourth-order valence-electron chi connectivity index (χ4n) is 2.48. The van der Waals surface area contributed by atoms with Crippen molar-refractivity contribution in [2.75, 3.05) is 11.9 Å². The molecule has 0 saturated carbocycles. The van der Waals surface area contributed by atoms with E-state index in [4.69, 9.17) is 5.11 Å². The molecule has 5 nitrogen and oxygen atoms in total. The lowest BCUT2D eigenvalue weighted by atomic mass is 10.0. The topological polar surface area (TPSA) is 69.6 Å². The van der Waals surface area contributed by atoms with E-state index in [-0.39, 0.29) is 12.1 Å². The number of nitrogens with zero attached hydrogens (tertiary/aromatic N) is 1. The molecule has 1 heterocycles. The van der Waals surface area contributed by atoms with Crippen LogP contribution in [0.3, 0.4) is 0 Å². The van der Waals surface area contributed by atoms with Gasteiger partial charge >= 0.3 is 12.0 Å². The van der Waals surface area contributed by atoms with Gasteiger partial charge in [0.2, 0.25) is 0 Å². The Morgan fingerprint density at radius 2 is 2.19 bits per heavy atom. The van der Waals surface area contributed by atoms with Gasteiger partial charge in [0, 0.05) is 24.4 Å². The summed E-state index contributed by atoms with van der Waals surface area (Å²) in [6.45, 7) is 2.84. The predicted molar refractivity (Wildman–Crippen MR) is 82.1 cm³/mol. The zero-order valence-electron chi connectivity index (χ0n) is 12.1. The molecule has 0 aromatic heterocycles. The Morgan fingerprint density at radius 3 is 2.90 bits per heavy atom.